The van der Waals surface area contributed by atoms with Gasteiger partial charge in [-0.2, -0.15) is 8.78 Å². The van der Waals surface area contributed by atoms with Crippen LogP contribution in [0.25, 0.3) is 0 Å². The van der Waals surface area contributed by atoms with Crippen molar-refractivity contribution in [3.8, 4) is 11.5 Å². The molecule has 0 saturated carbocycles. The number of aryl methyl sites for hydroxylation is 1. The summed E-state index contributed by atoms with van der Waals surface area (Å²) < 4.78 is 34.6. The topological polar surface area (TPSA) is 54.9 Å². The number of benzene rings is 1. The highest BCUT2D eigenvalue weighted by Gasteiger charge is 2.11. The molecule has 0 atom stereocenters. The van der Waals surface area contributed by atoms with Gasteiger partial charge < -0.3 is 20.1 Å². The number of hydrogen-bond donors (Lipinski definition) is 2. The molecular formula is C18H24F2IN3O2S. The van der Waals surface area contributed by atoms with Crippen molar-refractivity contribution in [1.82, 2.24) is 10.6 Å². The number of halogens is 3. The molecule has 0 unspecified atom stereocenters. The van der Waals surface area contributed by atoms with Gasteiger partial charge in [-0.25, -0.2) is 4.99 Å². The predicted octanol–water partition coefficient (Wildman–Crippen LogP) is 4.54. The first-order valence-electron chi connectivity index (χ1n) is 8.21. The molecule has 0 spiro atoms. The lowest BCUT2D eigenvalue weighted by molar-refractivity contribution is -0.0512. The Morgan fingerprint density at radius 1 is 1.19 bits per heavy atom. The first kappa shape index (κ1) is 23.4. The van der Waals surface area contributed by atoms with E-state index in [1.54, 1.807) is 23.5 Å². The van der Waals surface area contributed by atoms with Crippen molar-refractivity contribution >= 4 is 41.3 Å². The third kappa shape index (κ3) is 7.87. The lowest BCUT2D eigenvalue weighted by atomic mass is 10.2. The van der Waals surface area contributed by atoms with Crippen LogP contribution in [0, 0.1) is 6.92 Å². The van der Waals surface area contributed by atoms with Gasteiger partial charge in [-0.1, -0.05) is 6.07 Å². The first-order valence-corrected chi connectivity index (χ1v) is 9.02. The van der Waals surface area contributed by atoms with Crippen LogP contribution in [-0.4, -0.2) is 26.2 Å². The number of methoxy groups -OCH3 is 1. The molecule has 0 radical (unpaired) electrons. The summed E-state index contributed by atoms with van der Waals surface area (Å²) in [5.74, 6) is 0.920. The summed E-state index contributed by atoms with van der Waals surface area (Å²) in [6.07, 6.45) is 0. The van der Waals surface area contributed by atoms with Gasteiger partial charge in [0.2, 0.25) is 0 Å². The number of thiophene rings is 1. The fourth-order valence-electron chi connectivity index (χ4n) is 2.27. The van der Waals surface area contributed by atoms with Crippen LogP contribution in [0.1, 0.15) is 22.2 Å². The van der Waals surface area contributed by atoms with Crippen molar-refractivity contribution < 1.29 is 18.3 Å². The van der Waals surface area contributed by atoms with E-state index < -0.39 is 6.61 Å². The molecule has 0 aliphatic carbocycles. The van der Waals surface area contributed by atoms with Crippen molar-refractivity contribution in [1.29, 1.82) is 0 Å². The average molecular weight is 511 g/mol. The van der Waals surface area contributed by atoms with E-state index in [2.05, 4.69) is 39.4 Å². The summed E-state index contributed by atoms with van der Waals surface area (Å²) in [6.45, 7) is 2.85. The predicted molar refractivity (Wildman–Crippen MR) is 116 cm³/mol. The summed E-state index contributed by atoms with van der Waals surface area (Å²) in [5.41, 5.74) is 0.741. The molecule has 2 aromatic rings. The molecule has 0 fully saturated rings. The molecule has 0 amide bonds. The number of rotatable bonds is 8. The Morgan fingerprint density at radius 3 is 2.56 bits per heavy atom. The van der Waals surface area contributed by atoms with Crippen molar-refractivity contribution in [3.63, 3.8) is 0 Å². The van der Waals surface area contributed by atoms with Crippen molar-refractivity contribution in [3.05, 3.63) is 45.6 Å². The van der Waals surface area contributed by atoms with Gasteiger partial charge in [0, 0.05) is 16.3 Å². The van der Waals surface area contributed by atoms with E-state index in [9.17, 15) is 8.78 Å². The Morgan fingerprint density at radius 2 is 1.96 bits per heavy atom. The molecule has 150 valence electrons. The summed E-state index contributed by atoms with van der Waals surface area (Å²) in [6, 6.07) is 9.03. The SMILES string of the molecule is CCNC(=NCc1ccc(OC)c(OC(F)F)c1)NCc1ccc(C)s1.I. The summed E-state index contributed by atoms with van der Waals surface area (Å²) >= 11 is 1.73. The number of aliphatic imine (C=N–C) groups is 1. The molecule has 0 bridgehead atoms. The number of nitrogens with zero attached hydrogens (tertiary/aromatic N) is 1. The molecule has 1 heterocycles. The second-order valence-electron chi connectivity index (χ2n) is 5.42. The van der Waals surface area contributed by atoms with Crippen molar-refractivity contribution in [2.75, 3.05) is 13.7 Å². The highest BCUT2D eigenvalue weighted by atomic mass is 127. The van der Waals surface area contributed by atoms with E-state index in [-0.39, 0.29) is 35.5 Å². The number of ether oxygens (including phenoxy) is 2. The minimum atomic E-state index is -2.91. The van der Waals surface area contributed by atoms with Crippen LogP contribution in [0.3, 0.4) is 0 Å². The fourth-order valence-corrected chi connectivity index (χ4v) is 3.10. The van der Waals surface area contributed by atoms with Gasteiger partial charge in [0.1, 0.15) is 0 Å². The maximum absolute atomic E-state index is 12.5. The Bertz CT molecular complexity index is 741. The van der Waals surface area contributed by atoms with E-state index in [4.69, 9.17) is 4.74 Å². The number of hydrogen-bond acceptors (Lipinski definition) is 4. The van der Waals surface area contributed by atoms with Crippen LogP contribution in [-0.2, 0) is 13.1 Å². The van der Waals surface area contributed by atoms with E-state index in [0.29, 0.717) is 19.0 Å². The van der Waals surface area contributed by atoms with Gasteiger partial charge in [0.25, 0.3) is 0 Å². The van der Waals surface area contributed by atoms with E-state index >= 15 is 0 Å². The van der Waals surface area contributed by atoms with E-state index in [1.165, 1.54) is 22.9 Å². The molecule has 9 heteroatoms. The minimum Gasteiger partial charge on any atom is -0.493 e. The number of alkyl halides is 2. The molecule has 2 rings (SSSR count). The van der Waals surface area contributed by atoms with Crippen LogP contribution in [0.15, 0.2) is 35.3 Å². The van der Waals surface area contributed by atoms with Gasteiger partial charge in [-0.15, -0.1) is 35.3 Å². The standard InChI is InChI=1S/C18H23F2N3O2S.HI/c1-4-21-18(23-11-14-7-5-12(2)26-14)22-10-13-6-8-15(24-3)16(9-13)25-17(19)20;/h5-9,17H,4,10-11H2,1-3H3,(H2,21,22,23);1H. The zero-order chi connectivity index (χ0) is 18.9. The van der Waals surface area contributed by atoms with E-state index in [0.717, 1.165) is 12.1 Å². The molecule has 1 aromatic carbocycles. The van der Waals surface area contributed by atoms with Crippen molar-refractivity contribution in [2.45, 2.75) is 33.5 Å². The van der Waals surface area contributed by atoms with Crippen LogP contribution in [0.4, 0.5) is 8.78 Å². The van der Waals surface area contributed by atoms with Crippen molar-refractivity contribution in [2.24, 2.45) is 4.99 Å². The summed E-state index contributed by atoms with van der Waals surface area (Å²) in [5, 5.41) is 6.43. The largest absolute Gasteiger partial charge is 0.493 e. The molecular weight excluding hydrogens is 487 g/mol. The lowest BCUT2D eigenvalue weighted by Crippen LogP contribution is -2.36. The number of nitrogens with one attached hydrogen (secondary N) is 2. The zero-order valence-electron chi connectivity index (χ0n) is 15.4. The molecule has 0 saturated heterocycles. The molecule has 27 heavy (non-hydrogen) atoms. The lowest BCUT2D eigenvalue weighted by Gasteiger charge is -2.12. The van der Waals surface area contributed by atoms with Gasteiger partial charge in [0.05, 0.1) is 20.2 Å². The second-order valence-corrected chi connectivity index (χ2v) is 6.80. The Kier molecular flexibility index (Phi) is 10.4. The third-order valence-electron chi connectivity index (χ3n) is 3.43. The Labute approximate surface area is 179 Å². The van der Waals surface area contributed by atoms with Gasteiger partial charge >= 0.3 is 6.61 Å². The molecule has 2 N–H and O–H groups in total. The Balaban J connectivity index is 0.00000364. The van der Waals surface area contributed by atoms with Crippen LogP contribution >= 0.6 is 35.3 Å². The zero-order valence-corrected chi connectivity index (χ0v) is 18.6. The maximum Gasteiger partial charge on any atom is 0.387 e. The minimum absolute atomic E-state index is 0. The third-order valence-corrected chi connectivity index (χ3v) is 4.43. The normalized spacial score (nSPS) is 11.1. The number of guanidine groups is 1. The quantitative estimate of drug-likeness (QED) is 0.311. The molecule has 5 nitrogen and oxygen atoms in total. The highest BCUT2D eigenvalue weighted by Crippen LogP contribution is 2.29. The molecule has 1 aromatic heterocycles. The summed E-state index contributed by atoms with van der Waals surface area (Å²) in [4.78, 5) is 6.97. The summed E-state index contributed by atoms with van der Waals surface area (Å²) in [7, 11) is 1.41. The van der Waals surface area contributed by atoms with Crippen LogP contribution < -0.4 is 20.1 Å². The second kappa shape index (κ2) is 12.0. The molecule has 0 aliphatic heterocycles. The molecule has 0 aliphatic rings. The monoisotopic (exact) mass is 511 g/mol. The van der Waals surface area contributed by atoms with Gasteiger partial charge in [0.15, 0.2) is 17.5 Å². The Hall–Kier alpha value is -1.62. The van der Waals surface area contributed by atoms with Gasteiger partial charge in [-0.3, -0.25) is 0 Å². The van der Waals surface area contributed by atoms with Gasteiger partial charge in [-0.05, 0) is 43.7 Å². The van der Waals surface area contributed by atoms with E-state index in [1.807, 2.05) is 6.92 Å². The fraction of sp³-hybridized carbons (Fsp3) is 0.389. The first-order chi connectivity index (χ1) is 12.5. The highest BCUT2D eigenvalue weighted by molar-refractivity contribution is 14.0. The average Bonchev–Trinajstić information content (AvgIpc) is 3.02. The van der Waals surface area contributed by atoms with Crippen LogP contribution in [0.2, 0.25) is 0 Å². The van der Waals surface area contributed by atoms with Crippen LogP contribution in [0.5, 0.6) is 11.5 Å². The smallest absolute Gasteiger partial charge is 0.387 e. The maximum atomic E-state index is 12.5.